The standard InChI is InChI=1S/C24H25ClF2N2O5/c1-33-21(30)13-19(15-8-10-17(25)11-9-15)28-22(31)16-5-4-12-29(14-16)23(32)18-6-2-3-7-20(18)34-24(26)27/h2-3,6-11,16,19,24H,4-5,12-14H2,1H3,(H,28,31). The molecular weight excluding hydrogens is 470 g/mol. The first-order valence-electron chi connectivity index (χ1n) is 10.7. The lowest BCUT2D eigenvalue weighted by atomic mass is 9.95. The minimum Gasteiger partial charge on any atom is -0.469 e. The number of alkyl halides is 2. The SMILES string of the molecule is COC(=O)CC(NC(=O)C1CCCN(C(=O)c2ccccc2OC(F)F)C1)c1ccc(Cl)cc1. The normalized spacial score (nSPS) is 16.6. The van der Waals surface area contributed by atoms with E-state index in [1.165, 1.54) is 30.2 Å². The van der Waals surface area contributed by atoms with Crippen LogP contribution in [0.5, 0.6) is 5.75 Å². The molecule has 0 aliphatic carbocycles. The van der Waals surface area contributed by atoms with E-state index in [2.05, 4.69) is 10.1 Å². The zero-order valence-electron chi connectivity index (χ0n) is 18.5. The summed E-state index contributed by atoms with van der Waals surface area (Å²) in [6, 6.07) is 11.9. The third kappa shape index (κ3) is 6.66. The highest BCUT2D eigenvalue weighted by Gasteiger charge is 2.32. The molecule has 1 heterocycles. The fraction of sp³-hybridized carbons (Fsp3) is 0.375. The molecule has 1 saturated heterocycles. The molecule has 2 aromatic rings. The number of nitrogens with one attached hydrogen (secondary N) is 1. The lowest BCUT2D eigenvalue weighted by molar-refractivity contribution is -0.141. The summed E-state index contributed by atoms with van der Waals surface area (Å²) in [5, 5.41) is 3.40. The van der Waals surface area contributed by atoms with Crippen LogP contribution >= 0.6 is 11.6 Å². The lowest BCUT2D eigenvalue weighted by Gasteiger charge is -2.33. The molecule has 7 nitrogen and oxygen atoms in total. The van der Waals surface area contributed by atoms with E-state index >= 15 is 0 Å². The molecule has 1 aliphatic rings. The van der Waals surface area contributed by atoms with E-state index in [9.17, 15) is 23.2 Å². The molecule has 0 bridgehead atoms. The Kier molecular flexibility index (Phi) is 8.81. The van der Waals surface area contributed by atoms with Crippen molar-refractivity contribution in [1.82, 2.24) is 10.2 Å². The number of carbonyl (C=O) groups excluding carboxylic acids is 3. The molecule has 0 spiro atoms. The average Bonchev–Trinajstić information content (AvgIpc) is 2.83. The number of likely N-dealkylation sites (tertiary alicyclic amines) is 1. The molecule has 3 rings (SSSR count). The van der Waals surface area contributed by atoms with Gasteiger partial charge in [0, 0.05) is 18.1 Å². The first kappa shape index (κ1) is 25.4. The Morgan fingerprint density at radius 3 is 2.53 bits per heavy atom. The topological polar surface area (TPSA) is 84.9 Å². The third-order valence-corrected chi connectivity index (χ3v) is 5.85. The van der Waals surface area contributed by atoms with Crippen LogP contribution in [0.2, 0.25) is 5.02 Å². The monoisotopic (exact) mass is 494 g/mol. The van der Waals surface area contributed by atoms with Crippen molar-refractivity contribution in [1.29, 1.82) is 0 Å². The number of halogens is 3. The number of hydrogen-bond donors (Lipinski definition) is 1. The van der Waals surface area contributed by atoms with Gasteiger partial charge < -0.3 is 19.7 Å². The maximum absolute atomic E-state index is 13.1. The summed E-state index contributed by atoms with van der Waals surface area (Å²) in [6.07, 6.45) is 1.03. The number of hydrogen-bond acceptors (Lipinski definition) is 5. The van der Waals surface area contributed by atoms with Gasteiger partial charge in [-0.25, -0.2) is 0 Å². The van der Waals surface area contributed by atoms with Crippen molar-refractivity contribution in [2.24, 2.45) is 5.92 Å². The predicted molar refractivity (Wildman–Crippen MR) is 121 cm³/mol. The summed E-state index contributed by atoms with van der Waals surface area (Å²) < 4.78 is 34.7. The van der Waals surface area contributed by atoms with Gasteiger partial charge in [-0.2, -0.15) is 8.78 Å². The molecule has 1 fully saturated rings. The number of amides is 2. The van der Waals surface area contributed by atoms with E-state index in [1.807, 2.05) is 0 Å². The molecule has 1 N–H and O–H groups in total. The van der Waals surface area contributed by atoms with Crippen LogP contribution in [0.4, 0.5) is 8.78 Å². The number of ether oxygens (including phenoxy) is 2. The van der Waals surface area contributed by atoms with Crippen LogP contribution in [0.15, 0.2) is 48.5 Å². The largest absolute Gasteiger partial charge is 0.469 e. The van der Waals surface area contributed by atoms with E-state index in [0.717, 1.165) is 0 Å². The summed E-state index contributed by atoms with van der Waals surface area (Å²) >= 11 is 5.94. The first-order chi connectivity index (χ1) is 16.3. The lowest BCUT2D eigenvalue weighted by Crippen LogP contribution is -2.46. The van der Waals surface area contributed by atoms with Crippen LogP contribution in [-0.4, -0.2) is 49.5 Å². The van der Waals surface area contributed by atoms with Crippen LogP contribution in [0.3, 0.4) is 0 Å². The van der Waals surface area contributed by atoms with Crippen molar-refractivity contribution in [3.05, 3.63) is 64.7 Å². The fourth-order valence-electron chi connectivity index (χ4n) is 3.87. The summed E-state index contributed by atoms with van der Waals surface area (Å²) in [7, 11) is 1.27. The van der Waals surface area contributed by atoms with E-state index in [4.69, 9.17) is 16.3 Å². The van der Waals surface area contributed by atoms with Gasteiger partial charge in [-0.1, -0.05) is 35.9 Å². The van der Waals surface area contributed by atoms with Gasteiger partial charge in [0.25, 0.3) is 5.91 Å². The Morgan fingerprint density at radius 2 is 1.85 bits per heavy atom. The molecule has 182 valence electrons. The summed E-state index contributed by atoms with van der Waals surface area (Å²) in [6.45, 7) is -2.57. The highest BCUT2D eigenvalue weighted by molar-refractivity contribution is 6.30. The van der Waals surface area contributed by atoms with Crippen LogP contribution in [-0.2, 0) is 14.3 Å². The van der Waals surface area contributed by atoms with Crippen molar-refractivity contribution >= 4 is 29.4 Å². The Bertz CT molecular complexity index is 1020. The second-order valence-electron chi connectivity index (χ2n) is 7.86. The molecule has 2 unspecified atom stereocenters. The van der Waals surface area contributed by atoms with Crippen molar-refractivity contribution in [3.8, 4) is 5.75 Å². The van der Waals surface area contributed by atoms with Crippen LogP contribution in [0.25, 0.3) is 0 Å². The highest BCUT2D eigenvalue weighted by atomic mass is 35.5. The van der Waals surface area contributed by atoms with E-state index < -0.39 is 30.4 Å². The van der Waals surface area contributed by atoms with Crippen molar-refractivity contribution in [3.63, 3.8) is 0 Å². The summed E-state index contributed by atoms with van der Waals surface area (Å²) in [5.74, 6) is -2.05. The van der Waals surface area contributed by atoms with Crippen LogP contribution in [0.1, 0.15) is 41.2 Å². The summed E-state index contributed by atoms with van der Waals surface area (Å²) in [5.41, 5.74) is 0.693. The molecule has 0 radical (unpaired) electrons. The van der Waals surface area contributed by atoms with E-state index in [0.29, 0.717) is 30.0 Å². The van der Waals surface area contributed by atoms with Gasteiger partial charge in [0.2, 0.25) is 5.91 Å². The van der Waals surface area contributed by atoms with Gasteiger partial charge in [0.1, 0.15) is 5.75 Å². The molecule has 34 heavy (non-hydrogen) atoms. The number of benzene rings is 2. The zero-order valence-corrected chi connectivity index (χ0v) is 19.3. The Labute approximate surface area is 201 Å². The Morgan fingerprint density at radius 1 is 1.15 bits per heavy atom. The van der Waals surface area contributed by atoms with Gasteiger partial charge in [-0.3, -0.25) is 14.4 Å². The number of rotatable bonds is 8. The minimum atomic E-state index is -3.06. The molecular formula is C24H25ClF2N2O5. The quantitative estimate of drug-likeness (QED) is 0.556. The molecule has 2 aromatic carbocycles. The maximum Gasteiger partial charge on any atom is 0.387 e. The average molecular weight is 495 g/mol. The van der Waals surface area contributed by atoms with Gasteiger partial charge in [0.15, 0.2) is 0 Å². The molecule has 0 saturated carbocycles. The number of methoxy groups -OCH3 is 1. The number of para-hydroxylation sites is 1. The number of piperidine rings is 1. The third-order valence-electron chi connectivity index (χ3n) is 5.60. The molecule has 2 atom stereocenters. The number of nitrogens with zero attached hydrogens (tertiary/aromatic N) is 1. The fourth-order valence-corrected chi connectivity index (χ4v) is 4.00. The molecule has 10 heteroatoms. The molecule has 2 amide bonds. The summed E-state index contributed by atoms with van der Waals surface area (Å²) in [4.78, 5) is 39.5. The van der Waals surface area contributed by atoms with E-state index in [1.54, 1.807) is 30.3 Å². The molecule has 0 aromatic heterocycles. The van der Waals surface area contributed by atoms with Gasteiger partial charge in [0.05, 0.1) is 31.1 Å². The Hall–Kier alpha value is -3.20. The van der Waals surface area contributed by atoms with Crippen LogP contribution in [0, 0.1) is 5.92 Å². The van der Waals surface area contributed by atoms with Gasteiger partial charge in [-0.15, -0.1) is 0 Å². The second kappa shape index (κ2) is 11.8. The second-order valence-corrected chi connectivity index (χ2v) is 8.29. The van der Waals surface area contributed by atoms with Crippen molar-refractivity contribution < 1.29 is 32.6 Å². The van der Waals surface area contributed by atoms with E-state index in [-0.39, 0.29) is 30.2 Å². The van der Waals surface area contributed by atoms with Crippen molar-refractivity contribution in [2.75, 3.05) is 20.2 Å². The predicted octanol–water partition coefficient (Wildman–Crippen LogP) is 4.21. The van der Waals surface area contributed by atoms with Gasteiger partial charge >= 0.3 is 12.6 Å². The highest BCUT2D eigenvalue weighted by Crippen LogP contribution is 2.26. The maximum atomic E-state index is 13.1. The van der Waals surface area contributed by atoms with Gasteiger partial charge in [-0.05, 0) is 42.7 Å². The minimum absolute atomic E-state index is 0.00795. The van der Waals surface area contributed by atoms with Crippen LogP contribution < -0.4 is 10.1 Å². The molecule has 1 aliphatic heterocycles. The zero-order chi connectivity index (χ0) is 24.7. The smallest absolute Gasteiger partial charge is 0.387 e. The number of esters is 1. The number of carbonyl (C=O) groups is 3. The van der Waals surface area contributed by atoms with Crippen molar-refractivity contribution in [2.45, 2.75) is 31.9 Å². The Balaban J connectivity index is 1.72. The first-order valence-corrected chi connectivity index (χ1v) is 11.1.